The van der Waals surface area contributed by atoms with Gasteiger partial charge in [0.25, 0.3) is 12.4 Å². The van der Waals surface area contributed by atoms with E-state index in [1.807, 2.05) is 0 Å². The Morgan fingerprint density at radius 3 is 1.40 bits per heavy atom. The topological polar surface area (TPSA) is 115 Å². The van der Waals surface area contributed by atoms with Gasteiger partial charge in [-0.05, 0) is 12.8 Å². The van der Waals surface area contributed by atoms with Gasteiger partial charge in [-0.3, -0.25) is 9.59 Å². The molecule has 0 aromatic heterocycles. The number of carboxylic acids is 1. The Morgan fingerprint density at radius 1 is 1.07 bits per heavy atom. The third kappa shape index (κ3) is 102. The molecule has 4 N–H and O–H groups in total. The highest BCUT2D eigenvalue weighted by atomic mass is 16.4. The van der Waals surface area contributed by atoms with Gasteiger partial charge in [-0.1, -0.05) is 12.8 Å². The number of aliphatic carboxylic acids is 1. The minimum absolute atomic E-state index is 0.250. The number of aliphatic hydroxyl groups is 2. The molecule has 0 rings (SSSR count). The highest BCUT2D eigenvalue weighted by molar-refractivity contribution is 5.62. The van der Waals surface area contributed by atoms with Crippen molar-refractivity contribution in [1.82, 2.24) is 0 Å². The van der Waals surface area contributed by atoms with Crippen molar-refractivity contribution in [3.8, 4) is 0 Å². The summed E-state index contributed by atoms with van der Waals surface area (Å²) in [5.74, 6) is -0.833. The molecule has 0 spiro atoms. The van der Waals surface area contributed by atoms with E-state index in [-0.39, 0.29) is 19.7 Å². The normalized spacial score (nSPS) is 7.67. The lowest BCUT2D eigenvalue weighted by molar-refractivity contribution is -0.134. The molecule has 0 atom stereocenters. The highest BCUT2D eigenvalue weighted by Crippen LogP contribution is 1.96. The molecule has 0 heterocycles. The van der Waals surface area contributed by atoms with Crippen molar-refractivity contribution in [1.29, 1.82) is 0 Å². The van der Waals surface area contributed by atoms with Crippen molar-refractivity contribution >= 4 is 12.4 Å². The first-order chi connectivity index (χ1) is 7.06. The van der Waals surface area contributed by atoms with E-state index < -0.39 is 5.97 Å². The van der Waals surface area contributed by atoms with Crippen LogP contribution in [0.5, 0.6) is 0 Å². The second kappa shape index (κ2) is 23.0. The summed E-state index contributed by atoms with van der Waals surface area (Å²) < 4.78 is 0. The minimum atomic E-state index is -0.833. The molecular formula is C9H20O6. The third-order valence-corrected chi connectivity index (χ3v) is 1.07. The molecular weight excluding hydrogens is 204 g/mol. The Morgan fingerprint density at radius 2 is 1.27 bits per heavy atom. The van der Waals surface area contributed by atoms with Crippen molar-refractivity contribution in [3.63, 3.8) is 0 Å². The summed E-state index contributed by atoms with van der Waals surface area (Å²) >= 11 is 0. The lowest BCUT2D eigenvalue weighted by Crippen LogP contribution is -1.85. The maximum Gasteiger partial charge on any atom is 0.300 e. The second-order valence-corrected chi connectivity index (χ2v) is 2.49. The van der Waals surface area contributed by atoms with Crippen LogP contribution in [-0.2, 0) is 9.59 Å². The van der Waals surface area contributed by atoms with Crippen molar-refractivity contribution < 1.29 is 30.0 Å². The first-order valence-corrected chi connectivity index (χ1v) is 4.55. The fraction of sp³-hybridized carbons (Fsp3) is 0.778. The Hall–Kier alpha value is -1.14. The van der Waals surface area contributed by atoms with Crippen molar-refractivity contribution in [2.24, 2.45) is 0 Å². The zero-order valence-corrected chi connectivity index (χ0v) is 8.93. The number of hydrogen-bond donors (Lipinski definition) is 4. The standard InChI is InChI=1S/C6H14O2.C2H4O2.CH2O2/c7-5-3-1-2-4-6-8;1-2(3)4;2-1-3/h7-8H,1-6H2;1H3,(H,3,4);1H,(H,2,3). The van der Waals surface area contributed by atoms with Gasteiger partial charge in [0.05, 0.1) is 0 Å². The Labute approximate surface area is 89.2 Å². The van der Waals surface area contributed by atoms with Crippen LogP contribution in [0.4, 0.5) is 0 Å². The Bertz CT molecular complexity index is 116. The van der Waals surface area contributed by atoms with E-state index in [9.17, 15) is 0 Å². The first kappa shape index (κ1) is 19.4. The van der Waals surface area contributed by atoms with Gasteiger partial charge in [0.1, 0.15) is 0 Å². The predicted octanol–water partition coefficient (Wildman–Crippen LogP) is 0.323. The lowest BCUT2D eigenvalue weighted by Gasteiger charge is -1.93. The molecule has 0 unspecified atom stereocenters. The SMILES string of the molecule is CC(=O)O.O=CO.OCCCCCCO. The summed E-state index contributed by atoms with van der Waals surface area (Å²) in [5, 5.41) is 30.9. The van der Waals surface area contributed by atoms with Gasteiger partial charge in [0.2, 0.25) is 0 Å². The van der Waals surface area contributed by atoms with Gasteiger partial charge >= 0.3 is 0 Å². The fourth-order valence-corrected chi connectivity index (χ4v) is 0.577. The maximum atomic E-state index is 9.00. The Balaban J connectivity index is -0.000000173. The van der Waals surface area contributed by atoms with E-state index in [0.717, 1.165) is 32.6 Å². The van der Waals surface area contributed by atoms with Gasteiger partial charge in [-0.25, -0.2) is 0 Å². The summed E-state index contributed by atoms with van der Waals surface area (Å²) in [6.45, 7) is 1.40. The van der Waals surface area contributed by atoms with Crippen LogP contribution in [0, 0.1) is 0 Å². The summed E-state index contributed by atoms with van der Waals surface area (Å²) in [6, 6.07) is 0. The van der Waals surface area contributed by atoms with Crippen molar-refractivity contribution in [2.45, 2.75) is 32.6 Å². The number of hydrogen-bond acceptors (Lipinski definition) is 4. The quantitative estimate of drug-likeness (QED) is 0.395. The molecule has 6 nitrogen and oxygen atoms in total. The number of aliphatic hydroxyl groups excluding tert-OH is 2. The largest absolute Gasteiger partial charge is 0.483 e. The van der Waals surface area contributed by atoms with Crippen LogP contribution < -0.4 is 0 Å². The smallest absolute Gasteiger partial charge is 0.300 e. The summed E-state index contributed by atoms with van der Waals surface area (Å²) in [5.41, 5.74) is 0. The molecule has 15 heavy (non-hydrogen) atoms. The van der Waals surface area contributed by atoms with E-state index in [1.54, 1.807) is 0 Å². The van der Waals surface area contributed by atoms with Crippen LogP contribution in [0.25, 0.3) is 0 Å². The molecule has 0 amide bonds. The molecule has 0 saturated heterocycles. The average molecular weight is 224 g/mol. The van der Waals surface area contributed by atoms with Crippen LogP contribution in [0.15, 0.2) is 0 Å². The molecule has 0 bridgehead atoms. The summed E-state index contributed by atoms with van der Waals surface area (Å²) in [4.78, 5) is 17.4. The number of carbonyl (C=O) groups is 2. The van der Waals surface area contributed by atoms with Crippen LogP contribution in [0.3, 0.4) is 0 Å². The molecule has 0 radical (unpaired) electrons. The van der Waals surface area contributed by atoms with Crippen LogP contribution in [0.2, 0.25) is 0 Å². The van der Waals surface area contributed by atoms with Crippen molar-refractivity contribution in [3.05, 3.63) is 0 Å². The molecule has 0 aliphatic rings. The zero-order chi connectivity index (χ0) is 12.5. The van der Waals surface area contributed by atoms with Crippen LogP contribution in [0.1, 0.15) is 32.6 Å². The third-order valence-electron chi connectivity index (χ3n) is 1.07. The van der Waals surface area contributed by atoms with Crippen LogP contribution >= 0.6 is 0 Å². The molecule has 0 aliphatic carbocycles. The number of carboxylic acid groups (broad SMARTS) is 2. The summed E-state index contributed by atoms with van der Waals surface area (Å²) in [6.07, 6.45) is 3.83. The summed E-state index contributed by atoms with van der Waals surface area (Å²) in [7, 11) is 0. The molecule has 92 valence electrons. The van der Waals surface area contributed by atoms with Crippen LogP contribution in [-0.4, -0.2) is 46.1 Å². The van der Waals surface area contributed by atoms with E-state index in [0.29, 0.717) is 0 Å². The maximum absolute atomic E-state index is 9.00. The first-order valence-electron chi connectivity index (χ1n) is 4.55. The average Bonchev–Trinajstić information content (AvgIpc) is 2.13. The second-order valence-electron chi connectivity index (χ2n) is 2.49. The monoisotopic (exact) mass is 224 g/mol. The van der Waals surface area contributed by atoms with E-state index in [4.69, 9.17) is 30.0 Å². The number of unbranched alkanes of at least 4 members (excludes halogenated alkanes) is 3. The molecule has 0 aromatic rings. The number of rotatable bonds is 5. The van der Waals surface area contributed by atoms with Gasteiger partial charge in [-0.2, -0.15) is 0 Å². The van der Waals surface area contributed by atoms with E-state index >= 15 is 0 Å². The minimum Gasteiger partial charge on any atom is -0.483 e. The predicted molar refractivity (Wildman–Crippen MR) is 54.6 cm³/mol. The molecule has 0 aliphatic heterocycles. The molecule has 0 saturated carbocycles. The van der Waals surface area contributed by atoms with Crippen molar-refractivity contribution in [2.75, 3.05) is 13.2 Å². The van der Waals surface area contributed by atoms with Gasteiger partial charge in [0, 0.05) is 20.1 Å². The van der Waals surface area contributed by atoms with E-state index in [1.165, 1.54) is 0 Å². The Kier molecular flexibility index (Phi) is 29.9. The molecule has 0 fully saturated rings. The van der Waals surface area contributed by atoms with Gasteiger partial charge < -0.3 is 20.4 Å². The molecule has 6 heteroatoms. The highest BCUT2D eigenvalue weighted by Gasteiger charge is 1.84. The zero-order valence-electron chi connectivity index (χ0n) is 8.93. The molecule has 0 aromatic carbocycles. The van der Waals surface area contributed by atoms with Gasteiger partial charge in [-0.15, -0.1) is 0 Å². The fourth-order valence-electron chi connectivity index (χ4n) is 0.577. The van der Waals surface area contributed by atoms with Gasteiger partial charge in [0.15, 0.2) is 0 Å². The van der Waals surface area contributed by atoms with E-state index in [2.05, 4.69) is 0 Å². The lowest BCUT2D eigenvalue weighted by atomic mass is 10.2.